The van der Waals surface area contributed by atoms with Crippen LogP contribution in [0.1, 0.15) is 28.8 Å². The lowest BCUT2D eigenvalue weighted by atomic mass is 10.1. The highest BCUT2D eigenvalue weighted by atomic mass is 35.5. The molecule has 1 heterocycles. The summed E-state index contributed by atoms with van der Waals surface area (Å²) in [6, 6.07) is 5.51. The molecule has 0 saturated carbocycles. The average Bonchev–Trinajstić information content (AvgIpc) is 2.74. The van der Waals surface area contributed by atoms with Crippen molar-refractivity contribution in [3.8, 4) is 0 Å². The first-order valence-electron chi connectivity index (χ1n) is 5.25. The minimum atomic E-state index is 0.644. The molecule has 2 nitrogen and oxygen atoms in total. The van der Waals surface area contributed by atoms with Crippen LogP contribution in [0, 0.1) is 0 Å². The van der Waals surface area contributed by atoms with Crippen LogP contribution in [0.15, 0.2) is 18.2 Å². The van der Waals surface area contributed by atoms with Crippen LogP contribution >= 0.6 is 11.6 Å². The molecular weight excluding hydrogens is 210 g/mol. The van der Waals surface area contributed by atoms with E-state index in [9.17, 15) is 4.79 Å². The molecule has 1 aliphatic heterocycles. The van der Waals surface area contributed by atoms with Gasteiger partial charge in [-0.2, -0.15) is 0 Å². The monoisotopic (exact) mass is 223 g/mol. The van der Waals surface area contributed by atoms with E-state index in [1.807, 2.05) is 12.1 Å². The van der Waals surface area contributed by atoms with E-state index < -0.39 is 0 Å². The highest BCUT2D eigenvalue weighted by Crippen LogP contribution is 2.20. The van der Waals surface area contributed by atoms with Gasteiger partial charge in [0.15, 0.2) is 0 Å². The third kappa shape index (κ3) is 2.58. The summed E-state index contributed by atoms with van der Waals surface area (Å²) in [5, 5.41) is 0.700. The van der Waals surface area contributed by atoms with Crippen molar-refractivity contribution in [1.82, 2.24) is 4.90 Å². The van der Waals surface area contributed by atoms with E-state index in [4.69, 9.17) is 11.6 Å². The van der Waals surface area contributed by atoms with E-state index in [0.717, 1.165) is 31.5 Å². The number of nitrogens with zero attached hydrogens (tertiary/aromatic N) is 1. The first-order chi connectivity index (χ1) is 7.29. The summed E-state index contributed by atoms with van der Waals surface area (Å²) in [5.41, 5.74) is 1.76. The van der Waals surface area contributed by atoms with Crippen LogP contribution in [0.4, 0.5) is 0 Å². The maximum Gasteiger partial charge on any atom is 0.150 e. The second-order valence-corrected chi connectivity index (χ2v) is 4.36. The topological polar surface area (TPSA) is 20.3 Å². The Labute approximate surface area is 94.8 Å². The molecule has 1 saturated heterocycles. The molecule has 1 aromatic carbocycles. The van der Waals surface area contributed by atoms with E-state index in [1.165, 1.54) is 12.8 Å². The number of halogens is 1. The maximum absolute atomic E-state index is 10.5. The lowest BCUT2D eigenvalue weighted by molar-refractivity contribution is 0.112. The smallest absolute Gasteiger partial charge is 0.150 e. The maximum atomic E-state index is 10.5. The largest absolute Gasteiger partial charge is 0.299 e. The van der Waals surface area contributed by atoms with Gasteiger partial charge in [-0.3, -0.25) is 9.69 Å². The number of likely N-dealkylation sites (tertiary alicyclic amines) is 1. The van der Waals surface area contributed by atoms with Crippen molar-refractivity contribution in [3.05, 3.63) is 34.3 Å². The zero-order chi connectivity index (χ0) is 10.7. The number of rotatable bonds is 3. The van der Waals surface area contributed by atoms with Gasteiger partial charge in [-0.15, -0.1) is 0 Å². The minimum absolute atomic E-state index is 0.644. The molecule has 0 amide bonds. The SMILES string of the molecule is O=Cc1ccc(CN2CCCC2)c(Cl)c1. The van der Waals surface area contributed by atoms with Crippen molar-refractivity contribution in [2.45, 2.75) is 19.4 Å². The van der Waals surface area contributed by atoms with Crippen molar-refractivity contribution in [1.29, 1.82) is 0 Å². The summed E-state index contributed by atoms with van der Waals surface area (Å²) < 4.78 is 0. The Kier molecular flexibility index (Phi) is 3.39. The summed E-state index contributed by atoms with van der Waals surface area (Å²) in [7, 11) is 0. The van der Waals surface area contributed by atoms with Gasteiger partial charge in [0, 0.05) is 17.1 Å². The van der Waals surface area contributed by atoms with Crippen molar-refractivity contribution in [2.24, 2.45) is 0 Å². The van der Waals surface area contributed by atoms with Gasteiger partial charge in [0.25, 0.3) is 0 Å². The normalized spacial score (nSPS) is 16.9. The summed E-state index contributed by atoms with van der Waals surface area (Å²) in [5.74, 6) is 0. The number of hydrogen-bond acceptors (Lipinski definition) is 2. The number of benzene rings is 1. The molecule has 2 rings (SSSR count). The predicted octanol–water partition coefficient (Wildman–Crippen LogP) is 2.75. The second-order valence-electron chi connectivity index (χ2n) is 3.95. The van der Waals surface area contributed by atoms with Gasteiger partial charge in [-0.1, -0.05) is 23.7 Å². The molecule has 1 fully saturated rings. The van der Waals surface area contributed by atoms with Gasteiger partial charge >= 0.3 is 0 Å². The Morgan fingerprint density at radius 1 is 1.33 bits per heavy atom. The van der Waals surface area contributed by atoms with E-state index >= 15 is 0 Å². The lowest BCUT2D eigenvalue weighted by Crippen LogP contribution is -2.18. The van der Waals surface area contributed by atoms with Crippen molar-refractivity contribution in [2.75, 3.05) is 13.1 Å². The zero-order valence-corrected chi connectivity index (χ0v) is 9.33. The Balaban J connectivity index is 2.10. The molecule has 0 N–H and O–H groups in total. The predicted molar refractivity (Wildman–Crippen MR) is 61.4 cm³/mol. The van der Waals surface area contributed by atoms with E-state index in [0.29, 0.717) is 10.6 Å². The Hall–Kier alpha value is -0.860. The number of aldehydes is 1. The molecule has 0 unspecified atom stereocenters. The first kappa shape index (κ1) is 10.7. The quantitative estimate of drug-likeness (QED) is 0.735. The van der Waals surface area contributed by atoms with Crippen LogP contribution in [0.3, 0.4) is 0 Å². The molecule has 1 aliphatic rings. The standard InChI is InChI=1S/C12H14ClNO/c13-12-7-10(9-15)3-4-11(12)8-14-5-1-2-6-14/h3-4,7,9H,1-2,5-6,8H2. The molecule has 0 atom stereocenters. The van der Waals surface area contributed by atoms with Crippen LogP contribution in [0.25, 0.3) is 0 Å². The minimum Gasteiger partial charge on any atom is -0.299 e. The van der Waals surface area contributed by atoms with E-state index in [2.05, 4.69) is 4.90 Å². The molecule has 80 valence electrons. The van der Waals surface area contributed by atoms with Crippen LogP contribution < -0.4 is 0 Å². The van der Waals surface area contributed by atoms with Gasteiger partial charge in [0.05, 0.1) is 0 Å². The van der Waals surface area contributed by atoms with Gasteiger partial charge in [0.1, 0.15) is 6.29 Å². The van der Waals surface area contributed by atoms with Gasteiger partial charge in [-0.25, -0.2) is 0 Å². The number of carbonyl (C=O) groups is 1. The zero-order valence-electron chi connectivity index (χ0n) is 8.58. The molecule has 0 aromatic heterocycles. The van der Waals surface area contributed by atoms with Crippen molar-refractivity contribution >= 4 is 17.9 Å². The van der Waals surface area contributed by atoms with E-state index in [1.54, 1.807) is 6.07 Å². The first-order valence-corrected chi connectivity index (χ1v) is 5.63. The van der Waals surface area contributed by atoms with Gasteiger partial charge in [0.2, 0.25) is 0 Å². The van der Waals surface area contributed by atoms with Gasteiger partial charge in [-0.05, 0) is 37.6 Å². The summed E-state index contributed by atoms with van der Waals surface area (Å²) >= 11 is 6.10. The molecular formula is C12H14ClNO. The number of carbonyl (C=O) groups excluding carboxylic acids is 1. The Morgan fingerprint density at radius 3 is 2.67 bits per heavy atom. The van der Waals surface area contributed by atoms with E-state index in [-0.39, 0.29) is 0 Å². The molecule has 0 spiro atoms. The van der Waals surface area contributed by atoms with Crippen LogP contribution in [-0.4, -0.2) is 24.3 Å². The van der Waals surface area contributed by atoms with Crippen LogP contribution in [-0.2, 0) is 6.54 Å². The molecule has 3 heteroatoms. The fourth-order valence-corrected chi connectivity index (χ4v) is 2.20. The fraction of sp³-hybridized carbons (Fsp3) is 0.417. The summed E-state index contributed by atoms with van der Waals surface area (Å²) in [6.07, 6.45) is 3.39. The Morgan fingerprint density at radius 2 is 2.07 bits per heavy atom. The molecule has 15 heavy (non-hydrogen) atoms. The third-order valence-corrected chi connectivity index (χ3v) is 3.16. The highest BCUT2D eigenvalue weighted by molar-refractivity contribution is 6.31. The average molecular weight is 224 g/mol. The third-order valence-electron chi connectivity index (χ3n) is 2.81. The molecule has 0 bridgehead atoms. The lowest BCUT2D eigenvalue weighted by Gasteiger charge is -2.15. The fourth-order valence-electron chi connectivity index (χ4n) is 1.95. The van der Waals surface area contributed by atoms with Crippen LogP contribution in [0.2, 0.25) is 5.02 Å². The summed E-state index contributed by atoms with van der Waals surface area (Å²) in [4.78, 5) is 12.9. The molecule has 0 aliphatic carbocycles. The van der Waals surface area contributed by atoms with Gasteiger partial charge < -0.3 is 0 Å². The molecule has 1 aromatic rings. The number of hydrogen-bond donors (Lipinski definition) is 0. The van der Waals surface area contributed by atoms with Crippen molar-refractivity contribution in [3.63, 3.8) is 0 Å². The van der Waals surface area contributed by atoms with Crippen molar-refractivity contribution < 1.29 is 4.79 Å². The molecule has 0 radical (unpaired) electrons. The second kappa shape index (κ2) is 4.77. The highest BCUT2D eigenvalue weighted by Gasteiger charge is 2.13. The summed E-state index contributed by atoms with van der Waals surface area (Å²) in [6.45, 7) is 3.22. The Bertz CT molecular complexity index is 359. The van der Waals surface area contributed by atoms with Crippen LogP contribution in [0.5, 0.6) is 0 Å².